The minimum atomic E-state index is -0.288. The van der Waals surface area contributed by atoms with Crippen molar-refractivity contribution in [3.8, 4) is 0 Å². The molecular weight excluding hydrogens is 260 g/mol. The van der Waals surface area contributed by atoms with Crippen LogP contribution >= 0.6 is 11.8 Å². The molecule has 2 heterocycles. The highest BCUT2D eigenvalue weighted by Crippen LogP contribution is 2.42. The van der Waals surface area contributed by atoms with E-state index in [1.54, 1.807) is 24.9 Å². The van der Waals surface area contributed by atoms with Crippen LogP contribution in [0.4, 0.5) is 0 Å². The molecule has 1 aliphatic rings. The third kappa shape index (κ3) is 3.04. The number of hydrogen-bond donors (Lipinski definition) is 1. The monoisotopic (exact) mass is 276 g/mol. The van der Waals surface area contributed by atoms with Crippen LogP contribution in [0.2, 0.25) is 0 Å². The van der Waals surface area contributed by atoms with Crippen molar-refractivity contribution in [2.75, 3.05) is 0 Å². The Kier molecular flexibility index (Phi) is 4.04. The van der Waals surface area contributed by atoms with E-state index in [4.69, 9.17) is 0 Å². The van der Waals surface area contributed by atoms with Gasteiger partial charge in [-0.3, -0.25) is 4.79 Å². The van der Waals surface area contributed by atoms with Gasteiger partial charge in [0.15, 0.2) is 11.5 Å². The number of nitrogens with zero attached hydrogens (tertiary/aromatic N) is 2. The van der Waals surface area contributed by atoms with Crippen molar-refractivity contribution in [2.24, 2.45) is 0 Å². The zero-order valence-corrected chi connectivity index (χ0v) is 12.0. The standard InChI is InChI=1S/C14H16N2O2S/c1-8(14(18)9(2)17)12-4-5-13(19-12)11-6-7-15-10(3)16-11/h5-7,12,18H,4H2,1-3H3/b14-8-. The van der Waals surface area contributed by atoms with Crippen molar-refractivity contribution in [1.82, 2.24) is 9.97 Å². The van der Waals surface area contributed by atoms with E-state index in [-0.39, 0.29) is 16.8 Å². The van der Waals surface area contributed by atoms with Crippen molar-refractivity contribution < 1.29 is 9.90 Å². The van der Waals surface area contributed by atoms with E-state index in [2.05, 4.69) is 16.0 Å². The molecule has 1 aromatic heterocycles. The fraction of sp³-hybridized carbons (Fsp3) is 0.357. The Balaban J connectivity index is 2.16. The molecule has 1 aromatic rings. The fourth-order valence-corrected chi connectivity index (χ4v) is 3.13. The Morgan fingerprint density at radius 2 is 2.21 bits per heavy atom. The quantitative estimate of drug-likeness (QED) is 0.679. The van der Waals surface area contributed by atoms with E-state index < -0.39 is 0 Å². The van der Waals surface area contributed by atoms with Gasteiger partial charge in [0, 0.05) is 23.3 Å². The summed E-state index contributed by atoms with van der Waals surface area (Å²) in [5, 5.41) is 9.83. The second-order valence-electron chi connectivity index (χ2n) is 4.49. The number of hydrogen-bond acceptors (Lipinski definition) is 5. The molecule has 100 valence electrons. The molecule has 0 bridgehead atoms. The Hall–Kier alpha value is -1.62. The maximum atomic E-state index is 11.2. The van der Waals surface area contributed by atoms with Crippen molar-refractivity contribution >= 4 is 22.5 Å². The lowest BCUT2D eigenvalue weighted by Gasteiger charge is -2.12. The maximum Gasteiger partial charge on any atom is 0.194 e. The Bertz CT molecular complexity index is 579. The van der Waals surface area contributed by atoms with Gasteiger partial charge in [-0.15, -0.1) is 11.8 Å². The number of aromatic nitrogens is 2. The summed E-state index contributed by atoms with van der Waals surface area (Å²) in [5.41, 5.74) is 1.63. The van der Waals surface area contributed by atoms with Gasteiger partial charge in [-0.05, 0) is 31.9 Å². The molecule has 1 unspecified atom stereocenters. The highest BCUT2D eigenvalue weighted by Gasteiger charge is 2.24. The molecule has 0 saturated carbocycles. The summed E-state index contributed by atoms with van der Waals surface area (Å²) < 4.78 is 0. The van der Waals surface area contributed by atoms with Crippen molar-refractivity contribution in [3.05, 3.63) is 41.2 Å². The molecule has 0 radical (unpaired) electrons. The summed E-state index contributed by atoms with van der Waals surface area (Å²) in [4.78, 5) is 20.7. The average Bonchev–Trinajstić information content (AvgIpc) is 2.86. The highest BCUT2D eigenvalue weighted by atomic mass is 32.2. The molecule has 0 fully saturated rings. The number of Topliss-reactive ketones (excluding diaryl/α,β-unsaturated/α-hetero) is 1. The predicted octanol–water partition coefficient (Wildman–Crippen LogP) is 3.05. The number of carbonyl (C=O) groups is 1. The number of aliphatic hydroxyl groups excluding tert-OH is 1. The molecule has 0 spiro atoms. The van der Waals surface area contributed by atoms with Crippen LogP contribution in [-0.2, 0) is 4.79 Å². The van der Waals surface area contributed by atoms with Crippen LogP contribution in [0.3, 0.4) is 0 Å². The van der Waals surface area contributed by atoms with Gasteiger partial charge in [0.05, 0.1) is 5.69 Å². The molecule has 4 nitrogen and oxygen atoms in total. The van der Waals surface area contributed by atoms with Gasteiger partial charge in [0.1, 0.15) is 5.82 Å². The summed E-state index contributed by atoms with van der Waals surface area (Å²) in [6.45, 7) is 5.03. The number of rotatable bonds is 3. The number of carbonyl (C=O) groups excluding carboxylic acids is 1. The first-order valence-corrected chi connectivity index (χ1v) is 6.94. The fourth-order valence-electron chi connectivity index (χ4n) is 1.92. The van der Waals surface area contributed by atoms with Crippen LogP contribution in [0, 0.1) is 6.92 Å². The van der Waals surface area contributed by atoms with E-state index >= 15 is 0 Å². The topological polar surface area (TPSA) is 63.1 Å². The normalized spacial score (nSPS) is 19.9. The molecule has 1 atom stereocenters. The van der Waals surface area contributed by atoms with Crippen LogP contribution in [0.15, 0.2) is 29.7 Å². The SMILES string of the molecule is CC(=O)/C(O)=C(\C)C1CC=C(c2ccnc(C)n2)S1. The van der Waals surface area contributed by atoms with Crippen LogP contribution in [-0.4, -0.2) is 26.1 Å². The van der Waals surface area contributed by atoms with Gasteiger partial charge in [-0.2, -0.15) is 0 Å². The molecule has 0 saturated heterocycles. The zero-order chi connectivity index (χ0) is 14.0. The van der Waals surface area contributed by atoms with Crippen molar-refractivity contribution in [1.29, 1.82) is 0 Å². The summed E-state index contributed by atoms with van der Waals surface area (Å²) in [6.07, 6.45) is 4.63. The zero-order valence-electron chi connectivity index (χ0n) is 11.2. The summed E-state index contributed by atoms with van der Waals surface area (Å²) in [5.74, 6) is 0.330. The third-order valence-electron chi connectivity index (χ3n) is 3.00. The minimum Gasteiger partial charge on any atom is -0.504 e. The van der Waals surface area contributed by atoms with Gasteiger partial charge >= 0.3 is 0 Å². The van der Waals surface area contributed by atoms with Crippen LogP contribution in [0.1, 0.15) is 31.8 Å². The lowest BCUT2D eigenvalue weighted by Crippen LogP contribution is -2.07. The van der Waals surface area contributed by atoms with Crippen molar-refractivity contribution in [3.63, 3.8) is 0 Å². The molecule has 0 amide bonds. The van der Waals surface area contributed by atoms with Gasteiger partial charge in [-0.25, -0.2) is 9.97 Å². The number of ketones is 1. The van der Waals surface area contributed by atoms with Crippen LogP contribution < -0.4 is 0 Å². The van der Waals surface area contributed by atoms with Gasteiger partial charge < -0.3 is 5.11 Å². The van der Waals surface area contributed by atoms with Gasteiger partial charge in [-0.1, -0.05) is 6.08 Å². The molecule has 1 aliphatic heterocycles. The first-order chi connectivity index (χ1) is 8.99. The van der Waals surface area contributed by atoms with Gasteiger partial charge in [0.25, 0.3) is 0 Å². The Labute approximate surface area is 116 Å². The van der Waals surface area contributed by atoms with Crippen LogP contribution in [0.25, 0.3) is 4.91 Å². The first-order valence-electron chi connectivity index (χ1n) is 6.06. The summed E-state index contributed by atoms with van der Waals surface area (Å²) >= 11 is 1.63. The Morgan fingerprint density at radius 3 is 2.84 bits per heavy atom. The van der Waals surface area contributed by atoms with E-state index in [9.17, 15) is 9.90 Å². The Morgan fingerprint density at radius 1 is 1.47 bits per heavy atom. The molecular formula is C14H16N2O2S. The maximum absolute atomic E-state index is 11.2. The second-order valence-corrected chi connectivity index (χ2v) is 5.73. The average molecular weight is 276 g/mol. The van der Waals surface area contributed by atoms with E-state index in [1.807, 2.05) is 13.0 Å². The predicted molar refractivity (Wildman–Crippen MR) is 76.8 cm³/mol. The molecule has 0 aromatic carbocycles. The van der Waals surface area contributed by atoms with E-state index in [0.29, 0.717) is 0 Å². The molecule has 1 N–H and O–H groups in total. The first kappa shape index (κ1) is 13.8. The largest absolute Gasteiger partial charge is 0.504 e. The number of aliphatic hydroxyl groups is 1. The van der Waals surface area contributed by atoms with Gasteiger partial charge in [0.2, 0.25) is 0 Å². The lowest BCUT2D eigenvalue weighted by atomic mass is 10.1. The molecule has 5 heteroatoms. The van der Waals surface area contributed by atoms with E-state index in [0.717, 1.165) is 28.4 Å². The summed E-state index contributed by atoms with van der Waals surface area (Å²) in [7, 11) is 0. The summed E-state index contributed by atoms with van der Waals surface area (Å²) in [6, 6.07) is 1.87. The van der Waals surface area contributed by atoms with Crippen LogP contribution in [0.5, 0.6) is 0 Å². The third-order valence-corrected chi connectivity index (χ3v) is 4.47. The smallest absolute Gasteiger partial charge is 0.194 e. The molecule has 2 rings (SSSR count). The number of allylic oxidation sites excluding steroid dienone is 2. The lowest BCUT2D eigenvalue weighted by molar-refractivity contribution is -0.116. The second kappa shape index (κ2) is 5.57. The number of aryl methyl sites for hydroxylation is 1. The molecule has 0 aliphatic carbocycles. The highest BCUT2D eigenvalue weighted by molar-refractivity contribution is 8.09. The van der Waals surface area contributed by atoms with Crippen molar-refractivity contribution in [2.45, 2.75) is 32.4 Å². The van der Waals surface area contributed by atoms with E-state index in [1.165, 1.54) is 6.92 Å². The number of thioether (sulfide) groups is 1. The molecule has 19 heavy (non-hydrogen) atoms. The minimum absolute atomic E-state index is 0.106.